The highest BCUT2D eigenvalue weighted by molar-refractivity contribution is 6.01. The summed E-state index contributed by atoms with van der Waals surface area (Å²) in [7, 11) is 0. The Morgan fingerprint density at radius 1 is 0.264 bits per heavy atom. The lowest BCUT2D eigenvalue weighted by molar-refractivity contribution is 1.00. The summed E-state index contributed by atoms with van der Waals surface area (Å²) in [6.45, 7) is 24.4. The van der Waals surface area contributed by atoms with E-state index in [1.165, 1.54) is 83.9 Å². The third-order valence-corrected chi connectivity index (χ3v) is 10.8. The normalized spacial score (nSPS) is 13.7. The molecule has 0 fully saturated rings. The summed E-state index contributed by atoms with van der Waals surface area (Å²) in [5.41, 5.74) is 23.0. The third-order valence-electron chi connectivity index (χ3n) is 10.8. The number of nitrogens with zero attached hydrogens (tertiary/aromatic N) is 4. The zero-order valence-corrected chi connectivity index (χ0v) is 33.1. The molecule has 4 heteroatoms. The predicted octanol–water partition coefficient (Wildman–Crippen LogP) is 13.5. The zero-order chi connectivity index (χ0) is 37.5. The van der Waals surface area contributed by atoms with Gasteiger partial charge in [0.15, 0.2) is 11.6 Å². The minimum absolute atomic E-state index is 1.09. The first-order valence-electron chi connectivity index (χ1n) is 18.8. The summed E-state index contributed by atoms with van der Waals surface area (Å²) in [4.78, 5) is 10.1. The van der Waals surface area contributed by atoms with E-state index in [0.29, 0.717) is 0 Å². The zero-order valence-electron chi connectivity index (χ0n) is 33.1. The Morgan fingerprint density at radius 3 is 0.811 bits per heavy atom. The van der Waals surface area contributed by atoms with Crippen molar-refractivity contribution in [2.45, 2.75) is 76.2 Å². The lowest BCUT2D eigenvalue weighted by Crippen LogP contribution is -2.33. The number of hydrogen-bond donors (Lipinski definition) is 0. The molecule has 0 bridgehead atoms. The average molecular weight is 695 g/mol. The molecule has 0 saturated heterocycles. The van der Waals surface area contributed by atoms with Crippen molar-refractivity contribution in [1.82, 2.24) is 0 Å². The van der Waals surface area contributed by atoms with Crippen LogP contribution in [0, 0.1) is 76.2 Å². The second kappa shape index (κ2) is 12.7. The molecule has 0 unspecified atom stereocenters. The third kappa shape index (κ3) is 5.87. The quantitative estimate of drug-likeness (QED) is 0.182. The molecular weight excluding hydrogens is 645 g/mol. The summed E-state index contributed by atoms with van der Waals surface area (Å²) in [5.74, 6) is 2.18. The molecule has 4 nitrogen and oxygen atoms in total. The fourth-order valence-corrected chi connectivity index (χ4v) is 8.40. The molecule has 0 N–H and O–H groups in total. The number of anilines is 8. The maximum Gasteiger partial charge on any atom is 0.166 e. The van der Waals surface area contributed by atoms with Crippen molar-refractivity contribution in [3.8, 4) is 0 Å². The van der Waals surface area contributed by atoms with E-state index in [-0.39, 0.29) is 0 Å². The second-order valence-electron chi connectivity index (χ2n) is 15.7. The highest BCUT2D eigenvalue weighted by atomic mass is 15.5. The van der Waals surface area contributed by atoms with Gasteiger partial charge in [0, 0.05) is 22.7 Å². The van der Waals surface area contributed by atoms with Gasteiger partial charge in [-0.2, -0.15) is 0 Å². The van der Waals surface area contributed by atoms with Gasteiger partial charge in [0.1, 0.15) is 0 Å². The van der Waals surface area contributed by atoms with Gasteiger partial charge in [0.2, 0.25) is 0 Å². The fraction of sp³-hybridized carbons (Fsp3) is 0.224. The summed E-state index contributed by atoms with van der Waals surface area (Å²) >= 11 is 0. The number of hydrogen-bond acceptors (Lipinski definition) is 4. The lowest BCUT2D eigenvalue weighted by atomic mass is 10.1. The van der Waals surface area contributed by atoms with Crippen LogP contribution in [0.5, 0.6) is 0 Å². The van der Waals surface area contributed by atoms with Crippen LogP contribution in [-0.4, -0.2) is 0 Å². The number of rotatable bonds is 4. The Balaban J connectivity index is 1.61. The summed E-state index contributed by atoms with van der Waals surface area (Å²) in [6, 6.07) is 39.4. The van der Waals surface area contributed by atoms with Gasteiger partial charge in [-0.05, 0) is 210 Å². The molecule has 6 aromatic rings. The van der Waals surface area contributed by atoms with Gasteiger partial charge in [-0.1, -0.05) is 30.3 Å². The van der Waals surface area contributed by atoms with E-state index in [4.69, 9.17) is 0 Å². The maximum atomic E-state index is 2.53. The Morgan fingerprint density at radius 2 is 0.528 bits per heavy atom. The Bertz CT molecular complexity index is 2360. The molecule has 6 aromatic carbocycles. The molecule has 2 aliphatic rings. The molecular formula is C49H50N4. The number of aryl methyl sites for hydroxylation is 11. The summed E-state index contributed by atoms with van der Waals surface area (Å²) < 4.78 is 0. The van der Waals surface area contributed by atoms with Crippen LogP contribution in [-0.2, 0) is 0 Å². The van der Waals surface area contributed by atoms with E-state index in [2.05, 4.69) is 199 Å². The molecule has 0 amide bonds. The monoisotopic (exact) mass is 694 g/mol. The first-order valence-corrected chi connectivity index (χ1v) is 18.8. The van der Waals surface area contributed by atoms with Gasteiger partial charge < -0.3 is 0 Å². The van der Waals surface area contributed by atoms with Gasteiger partial charge in [-0.3, -0.25) is 19.6 Å². The van der Waals surface area contributed by atoms with Crippen LogP contribution in [0.15, 0.2) is 115 Å². The molecule has 2 aliphatic heterocycles. The highest BCUT2D eigenvalue weighted by Gasteiger charge is 2.45. The predicted molar refractivity (Wildman–Crippen MR) is 226 cm³/mol. The van der Waals surface area contributed by atoms with Gasteiger partial charge in [0.05, 0.1) is 22.7 Å². The molecule has 0 saturated carbocycles. The summed E-state index contributed by atoms with van der Waals surface area (Å²) in [5, 5.41) is 0. The first kappa shape index (κ1) is 34.4. The van der Waals surface area contributed by atoms with Crippen LogP contribution in [0.4, 0.5) is 45.5 Å². The van der Waals surface area contributed by atoms with Crippen molar-refractivity contribution in [3.05, 3.63) is 176 Å². The van der Waals surface area contributed by atoms with Gasteiger partial charge in [-0.15, -0.1) is 0 Å². The number of fused-ring (bicyclic) bond motifs is 2. The van der Waals surface area contributed by atoms with Crippen molar-refractivity contribution >= 4 is 45.5 Å². The van der Waals surface area contributed by atoms with E-state index in [1.54, 1.807) is 0 Å². The second-order valence-corrected chi connectivity index (χ2v) is 15.7. The van der Waals surface area contributed by atoms with E-state index in [0.717, 1.165) is 34.4 Å². The lowest BCUT2D eigenvalue weighted by Gasteiger charge is -2.34. The van der Waals surface area contributed by atoms with Crippen LogP contribution in [0.1, 0.15) is 61.2 Å². The van der Waals surface area contributed by atoms with Gasteiger partial charge in [-0.25, -0.2) is 0 Å². The SMILES string of the molecule is Cc1cccc(N2C(=C3N(c4cc(C)cc(C)c4)c4cc(C)c(C)cc4N3c3cc(C)cc(C)c3)N(c3cc(C)cc(C)c3)c3cc(C)c(C)cc32)c1. The van der Waals surface area contributed by atoms with Crippen molar-refractivity contribution in [2.75, 3.05) is 19.6 Å². The molecule has 2 heterocycles. The van der Waals surface area contributed by atoms with Crippen LogP contribution >= 0.6 is 0 Å². The smallest absolute Gasteiger partial charge is 0.166 e. The molecule has 0 aliphatic carbocycles. The van der Waals surface area contributed by atoms with Crippen LogP contribution in [0.3, 0.4) is 0 Å². The Labute approximate surface area is 316 Å². The van der Waals surface area contributed by atoms with Crippen molar-refractivity contribution < 1.29 is 0 Å². The van der Waals surface area contributed by atoms with Gasteiger partial charge in [0.25, 0.3) is 0 Å². The van der Waals surface area contributed by atoms with Crippen LogP contribution < -0.4 is 19.6 Å². The summed E-state index contributed by atoms with van der Waals surface area (Å²) in [6.07, 6.45) is 0. The average Bonchev–Trinajstić information content (AvgIpc) is 3.55. The fourth-order valence-electron chi connectivity index (χ4n) is 8.40. The van der Waals surface area contributed by atoms with Crippen LogP contribution in [0.2, 0.25) is 0 Å². The Kier molecular flexibility index (Phi) is 8.25. The van der Waals surface area contributed by atoms with Crippen molar-refractivity contribution in [3.63, 3.8) is 0 Å². The van der Waals surface area contributed by atoms with Crippen molar-refractivity contribution in [1.29, 1.82) is 0 Å². The van der Waals surface area contributed by atoms with E-state index >= 15 is 0 Å². The minimum atomic E-state index is 1.09. The Hall–Kier alpha value is -5.74. The molecule has 0 atom stereocenters. The molecule has 53 heavy (non-hydrogen) atoms. The molecule has 8 rings (SSSR count). The number of benzene rings is 6. The standard InChI is InChI=1S/C49H50N4/c1-29-13-12-14-40(18-29)50-44-25-36(8)37(9)26-45(44)51(41-19-30(2)15-31(3)20-41)48(50)49-52(42-21-32(4)16-33(5)22-42)46-27-38(10)39(11)28-47(46)53(49)43-23-34(6)17-35(7)24-43/h12-28H,1-11H3. The molecule has 0 aromatic heterocycles. The highest BCUT2D eigenvalue weighted by Crippen LogP contribution is 2.58. The molecule has 0 spiro atoms. The first-order chi connectivity index (χ1) is 25.3. The van der Waals surface area contributed by atoms with E-state index in [9.17, 15) is 0 Å². The maximum absolute atomic E-state index is 2.53. The van der Waals surface area contributed by atoms with E-state index in [1.807, 2.05) is 0 Å². The molecule has 266 valence electrons. The minimum Gasteiger partial charge on any atom is -0.291 e. The molecule has 0 radical (unpaired) electrons. The topological polar surface area (TPSA) is 13.0 Å². The van der Waals surface area contributed by atoms with E-state index < -0.39 is 0 Å². The van der Waals surface area contributed by atoms with Gasteiger partial charge >= 0.3 is 0 Å². The largest absolute Gasteiger partial charge is 0.291 e. The van der Waals surface area contributed by atoms with Crippen molar-refractivity contribution in [2.24, 2.45) is 0 Å². The van der Waals surface area contributed by atoms with Crippen LogP contribution in [0.25, 0.3) is 0 Å².